The highest BCUT2D eigenvalue weighted by Crippen LogP contribution is 2.16. The van der Waals surface area contributed by atoms with Crippen LogP contribution in [0.1, 0.15) is 31.4 Å². The fourth-order valence-corrected chi connectivity index (χ4v) is 2.25. The molecule has 2 rings (SSSR count). The summed E-state index contributed by atoms with van der Waals surface area (Å²) in [5.74, 6) is -1.31. The van der Waals surface area contributed by atoms with E-state index < -0.39 is 12.0 Å². The molecule has 2 heterocycles. The number of nitrogens with one attached hydrogen (secondary N) is 2. The van der Waals surface area contributed by atoms with Gasteiger partial charge in [0.25, 0.3) is 0 Å². The van der Waals surface area contributed by atoms with Crippen LogP contribution in [0.5, 0.6) is 0 Å². The Morgan fingerprint density at radius 2 is 2.45 bits per heavy atom. The van der Waals surface area contributed by atoms with Crippen LogP contribution in [-0.4, -0.2) is 45.7 Å². The number of aliphatic carboxylic acids is 1. The normalized spacial score (nSPS) is 19.7. The molecule has 1 fully saturated rings. The standard InChI is InChI=1S/C13H19N3O4/c17-12(4-3-10-2-1-5-20-10)16-11(13(18)19)6-9-7-14-8-15-9/h7-8,10-11H,1-6H2,(H,14,15)(H,16,17)(H,18,19)/t10?,11-/m1/s1. The zero-order chi connectivity index (χ0) is 14.4. The van der Waals surface area contributed by atoms with E-state index >= 15 is 0 Å². The van der Waals surface area contributed by atoms with Crippen molar-refractivity contribution in [2.45, 2.75) is 44.2 Å². The Bertz CT molecular complexity index is 440. The Labute approximate surface area is 116 Å². The first-order chi connectivity index (χ1) is 9.65. The lowest BCUT2D eigenvalue weighted by molar-refractivity contribution is -0.141. The zero-order valence-electron chi connectivity index (χ0n) is 11.2. The summed E-state index contributed by atoms with van der Waals surface area (Å²) in [5, 5.41) is 11.7. The number of rotatable bonds is 7. The van der Waals surface area contributed by atoms with Crippen molar-refractivity contribution < 1.29 is 19.4 Å². The Morgan fingerprint density at radius 3 is 3.05 bits per heavy atom. The van der Waals surface area contributed by atoms with Crippen molar-refractivity contribution in [2.75, 3.05) is 6.61 Å². The number of ether oxygens (including phenoxy) is 1. The summed E-state index contributed by atoms with van der Waals surface area (Å²) < 4.78 is 5.43. The minimum atomic E-state index is -1.05. The van der Waals surface area contributed by atoms with Gasteiger partial charge < -0.3 is 20.1 Å². The van der Waals surface area contributed by atoms with E-state index in [0.29, 0.717) is 12.1 Å². The summed E-state index contributed by atoms with van der Waals surface area (Å²) in [5.41, 5.74) is 0.678. The van der Waals surface area contributed by atoms with Gasteiger partial charge in [0, 0.05) is 31.3 Å². The molecule has 1 aromatic rings. The molecule has 1 saturated heterocycles. The van der Waals surface area contributed by atoms with Crippen LogP contribution in [0, 0.1) is 0 Å². The van der Waals surface area contributed by atoms with E-state index in [9.17, 15) is 9.59 Å². The van der Waals surface area contributed by atoms with Crippen molar-refractivity contribution >= 4 is 11.9 Å². The maximum Gasteiger partial charge on any atom is 0.326 e. The highest BCUT2D eigenvalue weighted by Gasteiger charge is 2.22. The second-order valence-corrected chi connectivity index (χ2v) is 4.91. The number of hydrogen-bond donors (Lipinski definition) is 3. The first-order valence-corrected chi connectivity index (χ1v) is 6.76. The van der Waals surface area contributed by atoms with Gasteiger partial charge in [-0.2, -0.15) is 0 Å². The van der Waals surface area contributed by atoms with Gasteiger partial charge in [-0.25, -0.2) is 9.78 Å². The summed E-state index contributed by atoms with van der Waals surface area (Å²) in [4.78, 5) is 29.6. The predicted octanol–water partition coefficient (Wildman–Crippen LogP) is 0.481. The maximum absolute atomic E-state index is 11.8. The van der Waals surface area contributed by atoms with Gasteiger partial charge in [0.05, 0.1) is 12.4 Å². The zero-order valence-corrected chi connectivity index (χ0v) is 11.2. The van der Waals surface area contributed by atoms with Crippen molar-refractivity contribution in [3.63, 3.8) is 0 Å². The lowest BCUT2D eigenvalue weighted by atomic mass is 10.1. The van der Waals surface area contributed by atoms with E-state index in [1.165, 1.54) is 6.33 Å². The van der Waals surface area contributed by atoms with Gasteiger partial charge in [-0.3, -0.25) is 4.79 Å². The highest BCUT2D eigenvalue weighted by molar-refractivity contribution is 5.83. The third kappa shape index (κ3) is 4.34. The lowest BCUT2D eigenvalue weighted by Crippen LogP contribution is -2.42. The lowest BCUT2D eigenvalue weighted by Gasteiger charge is -2.14. The molecule has 1 aliphatic rings. The number of carbonyl (C=O) groups excluding carboxylic acids is 1. The van der Waals surface area contributed by atoms with Gasteiger partial charge in [0.15, 0.2) is 0 Å². The van der Waals surface area contributed by atoms with Crippen LogP contribution >= 0.6 is 0 Å². The van der Waals surface area contributed by atoms with E-state index in [4.69, 9.17) is 9.84 Å². The number of carbonyl (C=O) groups is 2. The number of carboxylic acids is 1. The first kappa shape index (κ1) is 14.5. The summed E-state index contributed by atoms with van der Waals surface area (Å²) in [7, 11) is 0. The fourth-order valence-electron chi connectivity index (χ4n) is 2.25. The Morgan fingerprint density at radius 1 is 1.60 bits per heavy atom. The smallest absolute Gasteiger partial charge is 0.326 e. The predicted molar refractivity (Wildman–Crippen MR) is 70.1 cm³/mol. The van der Waals surface area contributed by atoms with Crippen molar-refractivity contribution in [3.05, 3.63) is 18.2 Å². The number of carboxylic acid groups (broad SMARTS) is 1. The van der Waals surface area contributed by atoms with Gasteiger partial charge in [-0.05, 0) is 19.3 Å². The van der Waals surface area contributed by atoms with E-state index in [-0.39, 0.29) is 24.9 Å². The Hall–Kier alpha value is -1.89. The molecule has 2 atom stereocenters. The monoisotopic (exact) mass is 281 g/mol. The number of nitrogens with zero attached hydrogens (tertiary/aromatic N) is 1. The molecule has 1 aromatic heterocycles. The molecule has 1 unspecified atom stereocenters. The minimum Gasteiger partial charge on any atom is -0.480 e. The van der Waals surface area contributed by atoms with Gasteiger partial charge in [-0.15, -0.1) is 0 Å². The summed E-state index contributed by atoms with van der Waals surface area (Å²) in [6.07, 6.45) is 6.30. The molecule has 3 N–H and O–H groups in total. The second kappa shape index (κ2) is 7.04. The van der Waals surface area contributed by atoms with Gasteiger partial charge in [0.2, 0.25) is 5.91 Å². The van der Waals surface area contributed by atoms with Crippen LogP contribution in [0.25, 0.3) is 0 Å². The molecule has 1 amide bonds. The van der Waals surface area contributed by atoms with Crippen LogP contribution < -0.4 is 5.32 Å². The minimum absolute atomic E-state index is 0.136. The molecule has 1 aliphatic heterocycles. The topological polar surface area (TPSA) is 104 Å². The number of hydrogen-bond acceptors (Lipinski definition) is 4. The van der Waals surface area contributed by atoms with Crippen LogP contribution in [-0.2, 0) is 20.7 Å². The molecule has 20 heavy (non-hydrogen) atoms. The van der Waals surface area contributed by atoms with Crippen LogP contribution in [0.2, 0.25) is 0 Å². The highest BCUT2D eigenvalue weighted by atomic mass is 16.5. The summed E-state index contributed by atoms with van der Waals surface area (Å²) in [6.45, 7) is 0.754. The third-order valence-corrected chi connectivity index (χ3v) is 3.33. The van der Waals surface area contributed by atoms with E-state index in [1.54, 1.807) is 6.20 Å². The fraction of sp³-hybridized carbons (Fsp3) is 0.615. The molecule has 0 spiro atoms. The molecule has 110 valence electrons. The van der Waals surface area contributed by atoms with Crippen molar-refractivity contribution in [3.8, 4) is 0 Å². The Kier molecular flexibility index (Phi) is 5.11. The summed E-state index contributed by atoms with van der Waals surface area (Å²) in [6, 6.07) is -0.938. The second-order valence-electron chi connectivity index (χ2n) is 4.91. The maximum atomic E-state index is 11.8. The molecule has 7 heteroatoms. The van der Waals surface area contributed by atoms with Crippen LogP contribution in [0.3, 0.4) is 0 Å². The number of imidazole rings is 1. The molecule has 7 nitrogen and oxygen atoms in total. The molecule has 0 aliphatic carbocycles. The molecule has 0 bridgehead atoms. The van der Waals surface area contributed by atoms with Gasteiger partial charge >= 0.3 is 5.97 Å². The van der Waals surface area contributed by atoms with Gasteiger partial charge in [-0.1, -0.05) is 0 Å². The quantitative estimate of drug-likeness (QED) is 0.674. The molecule has 0 saturated carbocycles. The van der Waals surface area contributed by atoms with Crippen LogP contribution in [0.4, 0.5) is 0 Å². The molecular formula is C13H19N3O4. The SMILES string of the molecule is O=C(CCC1CCCO1)N[C@H](Cc1cnc[nH]1)C(=O)O. The molecular weight excluding hydrogens is 262 g/mol. The first-order valence-electron chi connectivity index (χ1n) is 6.76. The Balaban J connectivity index is 1.78. The van der Waals surface area contributed by atoms with E-state index in [1.807, 2.05) is 0 Å². The number of amides is 1. The largest absolute Gasteiger partial charge is 0.480 e. The van der Waals surface area contributed by atoms with E-state index in [2.05, 4.69) is 15.3 Å². The van der Waals surface area contributed by atoms with Crippen molar-refractivity contribution in [1.29, 1.82) is 0 Å². The molecule has 0 radical (unpaired) electrons. The molecule has 0 aromatic carbocycles. The summed E-state index contributed by atoms with van der Waals surface area (Å²) >= 11 is 0. The third-order valence-electron chi connectivity index (χ3n) is 3.33. The average molecular weight is 281 g/mol. The number of aromatic amines is 1. The van der Waals surface area contributed by atoms with Gasteiger partial charge in [0.1, 0.15) is 6.04 Å². The number of H-pyrrole nitrogens is 1. The van der Waals surface area contributed by atoms with Crippen LogP contribution in [0.15, 0.2) is 12.5 Å². The van der Waals surface area contributed by atoms with Crippen molar-refractivity contribution in [2.24, 2.45) is 0 Å². The number of aromatic nitrogens is 2. The average Bonchev–Trinajstić information content (AvgIpc) is 3.08. The van der Waals surface area contributed by atoms with Crippen molar-refractivity contribution in [1.82, 2.24) is 15.3 Å². The van der Waals surface area contributed by atoms with E-state index in [0.717, 1.165) is 19.4 Å².